The number of ether oxygens (including phenoxy) is 1. The number of hydrogen-bond donors (Lipinski definition) is 1. The average Bonchev–Trinajstić information content (AvgIpc) is 2.79. The predicted molar refractivity (Wildman–Crippen MR) is 124 cm³/mol. The number of fused-ring (bicyclic) bond motifs is 1. The van der Waals surface area contributed by atoms with Gasteiger partial charge in [-0.15, -0.1) is 0 Å². The number of rotatable bonds is 5. The monoisotopic (exact) mass is 428 g/mol. The topological polar surface area (TPSA) is 75.7 Å². The highest BCUT2D eigenvalue weighted by molar-refractivity contribution is 6.12. The van der Waals surface area contributed by atoms with Crippen LogP contribution < -0.4 is 10.2 Å². The normalized spacial score (nSPS) is 16.2. The standard InChI is InChI=1S/C26H24N2O4/c1-3-32-26(31)24-17(2)28(19-12-5-4-6-13-19)23(29)16-21(24)25(30)27-22-15-9-11-18-10-7-8-14-20(18)22/h4-15,21H,3,16H2,1-2H3,(H,27,30)/t21-/m1/s1. The van der Waals surface area contributed by atoms with Crippen LogP contribution >= 0.6 is 0 Å². The number of allylic oxidation sites excluding steroid dienone is 1. The van der Waals surface area contributed by atoms with Crippen LogP contribution in [0.5, 0.6) is 0 Å². The molecule has 0 unspecified atom stereocenters. The van der Waals surface area contributed by atoms with Gasteiger partial charge in [0, 0.05) is 28.9 Å². The Hall–Kier alpha value is -3.93. The smallest absolute Gasteiger partial charge is 0.336 e. The Morgan fingerprint density at radius 1 is 1.00 bits per heavy atom. The highest BCUT2D eigenvalue weighted by atomic mass is 16.5. The van der Waals surface area contributed by atoms with Crippen LogP contribution in [-0.2, 0) is 19.1 Å². The molecule has 32 heavy (non-hydrogen) atoms. The van der Waals surface area contributed by atoms with Gasteiger partial charge in [0.15, 0.2) is 0 Å². The van der Waals surface area contributed by atoms with E-state index in [4.69, 9.17) is 4.74 Å². The molecule has 0 spiro atoms. The maximum Gasteiger partial charge on any atom is 0.336 e. The Labute approximate surface area is 186 Å². The summed E-state index contributed by atoms with van der Waals surface area (Å²) >= 11 is 0. The molecule has 0 aromatic heterocycles. The van der Waals surface area contributed by atoms with Gasteiger partial charge in [-0.05, 0) is 37.4 Å². The number of esters is 1. The second kappa shape index (κ2) is 9.06. The van der Waals surface area contributed by atoms with Gasteiger partial charge in [-0.2, -0.15) is 0 Å². The first-order valence-corrected chi connectivity index (χ1v) is 10.6. The lowest BCUT2D eigenvalue weighted by atomic mass is 9.88. The maximum atomic E-state index is 13.3. The van der Waals surface area contributed by atoms with Crippen molar-refractivity contribution in [2.75, 3.05) is 16.8 Å². The largest absolute Gasteiger partial charge is 0.463 e. The third-order valence-electron chi connectivity index (χ3n) is 5.58. The van der Waals surface area contributed by atoms with Gasteiger partial charge in [-0.25, -0.2) is 4.79 Å². The summed E-state index contributed by atoms with van der Waals surface area (Å²) in [5.74, 6) is -2.19. The molecule has 0 saturated carbocycles. The Kier molecular flexibility index (Phi) is 6.03. The van der Waals surface area contributed by atoms with Crippen LogP contribution in [0.15, 0.2) is 84.1 Å². The quantitative estimate of drug-likeness (QED) is 0.600. The summed E-state index contributed by atoms with van der Waals surface area (Å²) in [7, 11) is 0. The molecule has 0 saturated heterocycles. The van der Waals surface area contributed by atoms with Crippen molar-refractivity contribution in [3.8, 4) is 0 Å². The van der Waals surface area contributed by atoms with Crippen LogP contribution in [0.2, 0.25) is 0 Å². The van der Waals surface area contributed by atoms with E-state index in [0.717, 1.165) is 10.8 Å². The average molecular weight is 428 g/mol. The zero-order chi connectivity index (χ0) is 22.7. The van der Waals surface area contributed by atoms with Crippen molar-refractivity contribution < 1.29 is 19.1 Å². The Morgan fingerprint density at radius 2 is 1.69 bits per heavy atom. The molecule has 2 amide bonds. The second-order valence-electron chi connectivity index (χ2n) is 7.56. The van der Waals surface area contributed by atoms with E-state index in [2.05, 4.69) is 5.32 Å². The van der Waals surface area contributed by atoms with Gasteiger partial charge in [-0.3, -0.25) is 14.5 Å². The molecule has 6 nitrogen and oxygen atoms in total. The predicted octanol–water partition coefficient (Wildman–Crippen LogP) is 4.67. The molecule has 0 bridgehead atoms. The van der Waals surface area contributed by atoms with Gasteiger partial charge >= 0.3 is 5.97 Å². The molecule has 3 aromatic carbocycles. The number of nitrogens with zero attached hydrogens (tertiary/aromatic N) is 1. The lowest BCUT2D eigenvalue weighted by Crippen LogP contribution is -2.43. The molecule has 0 fully saturated rings. The van der Waals surface area contributed by atoms with E-state index in [1.165, 1.54) is 4.90 Å². The fourth-order valence-electron chi connectivity index (χ4n) is 4.12. The number of nitrogens with one attached hydrogen (secondary N) is 1. The Bertz CT molecular complexity index is 1210. The molecular formula is C26H24N2O4. The van der Waals surface area contributed by atoms with Crippen LogP contribution in [0.4, 0.5) is 11.4 Å². The van der Waals surface area contributed by atoms with Crippen LogP contribution in [0.3, 0.4) is 0 Å². The molecule has 0 radical (unpaired) electrons. The molecule has 4 rings (SSSR count). The van der Waals surface area contributed by atoms with E-state index in [-0.39, 0.29) is 24.5 Å². The van der Waals surface area contributed by atoms with Crippen molar-refractivity contribution in [1.82, 2.24) is 0 Å². The molecule has 1 aliphatic heterocycles. The van der Waals surface area contributed by atoms with Crippen molar-refractivity contribution in [2.24, 2.45) is 5.92 Å². The number of carbonyl (C=O) groups excluding carboxylic acids is 3. The number of hydrogen-bond acceptors (Lipinski definition) is 4. The van der Waals surface area contributed by atoms with Crippen molar-refractivity contribution in [1.29, 1.82) is 0 Å². The molecule has 6 heteroatoms. The van der Waals surface area contributed by atoms with Crippen LogP contribution in [0.25, 0.3) is 10.8 Å². The van der Waals surface area contributed by atoms with Gasteiger partial charge in [0.2, 0.25) is 11.8 Å². The number of amides is 2. The van der Waals surface area contributed by atoms with Crippen molar-refractivity contribution in [2.45, 2.75) is 20.3 Å². The third-order valence-corrected chi connectivity index (χ3v) is 5.58. The number of carbonyl (C=O) groups is 3. The van der Waals surface area contributed by atoms with Gasteiger partial charge in [0.1, 0.15) is 0 Å². The maximum absolute atomic E-state index is 13.3. The lowest BCUT2D eigenvalue weighted by Gasteiger charge is -2.33. The number of benzene rings is 3. The molecule has 1 heterocycles. The molecular weight excluding hydrogens is 404 g/mol. The first-order valence-electron chi connectivity index (χ1n) is 10.6. The molecule has 0 aliphatic carbocycles. The fraction of sp³-hybridized carbons (Fsp3) is 0.192. The summed E-state index contributed by atoms with van der Waals surface area (Å²) in [6, 6.07) is 22.4. The summed E-state index contributed by atoms with van der Waals surface area (Å²) in [6.07, 6.45) is -0.128. The minimum atomic E-state index is -0.944. The van der Waals surface area contributed by atoms with E-state index in [9.17, 15) is 14.4 Å². The van der Waals surface area contributed by atoms with Crippen molar-refractivity contribution >= 4 is 39.9 Å². The lowest BCUT2D eigenvalue weighted by molar-refractivity contribution is -0.141. The SMILES string of the molecule is CCOC(=O)C1=C(C)N(c2ccccc2)C(=O)C[C@H]1C(=O)Nc1cccc2ccccc12. The first-order chi connectivity index (χ1) is 15.5. The van der Waals surface area contributed by atoms with Crippen LogP contribution in [0, 0.1) is 5.92 Å². The molecule has 162 valence electrons. The second-order valence-corrected chi connectivity index (χ2v) is 7.56. The summed E-state index contributed by atoms with van der Waals surface area (Å²) < 4.78 is 5.26. The molecule has 1 aliphatic rings. The van der Waals surface area contributed by atoms with E-state index in [1.807, 2.05) is 60.7 Å². The Morgan fingerprint density at radius 3 is 2.44 bits per heavy atom. The Balaban J connectivity index is 1.73. The van der Waals surface area contributed by atoms with Gasteiger partial charge in [0.25, 0.3) is 0 Å². The minimum Gasteiger partial charge on any atom is -0.463 e. The van der Waals surface area contributed by atoms with Gasteiger partial charge in [0.05, 0.1) is 18.1 Å². The minimum absolute atomic E-state index is 0.128. The van der Waals surface area contributed by atoms with E-state index in [1.54, 1.807) is 26.0 Å². The van der Waals surface area contributed by atoms with E-state index < -0.39 is 17.8 Å². The van der Waals surface area contributed by atoms with Gasteiger partial charge in [-0.1, -0.05) is 54.6 Å². The van der Waals surface area contributed by atoms with Crippen LogP contribution in [-0.4, -0.2) is 24.4 Å². The number of anilines is 2. The fourth-order valence-corrected chi connectivity index (χ4v) is 4.12. The van der Waals surface area contributed by atoms with Gasteiger partial charge < -0.3 is 10.1 Å². The summed E-state index contributed by atoms with van der Waals surface area (Å²) in [4.78, 5) is 40.8. The summed E-state index contributed by atoms with van der Waals surface area (Å²) in [5, 5.41) is 4.79. The zero-order valence-electron chi connectivity index (χ0n) is 18.0. The highest BCUT2D eigenvalue weighted by Gasteiger charge is 2.40. The highest BCUT2D eigenvalue weighted by Crippen LogP contribution is 2.34. The molecule has 1 atom stereocenters. The van der Waals surface area contributed by atoms with Crippen molar-refractivity contribution in [3.05, 3.63) is 84.1 Å². The summed E-state index contributed by atoms with van der Waals surface area (Å²) in [6.45, 7) is 3.56. The van der Waals surface area contributed by atoms with E-state index >= 15 is 0 Å². The third kappa shape index (κ3) is 3.99. The molecule has 3 aromatic rings. The van der Waals surface area contributed by atoms with Crippen LogP contribution in [0.1, 0.15) is 20.3 Å². The van der Waals surface area contributed by atoms with Crippen molar-refractivity contribution in [3.63, 3.8) is 0 Å². The number of para-hydroxylation sites is 1. The summed E-state index contributed by atoms with van der Waals surface area (Å²) in [5.41, 5.74) is 1.88. The molecule has 1 N–H and O–H groups in total. The first kappa shape index (κ1) is 21.3. The van der Waals surface area contributed by atoms with E-state index in [0.29, 0.717) is 17.1 Å². The zero-order valence-corrected chi connectivity index (χ0v) is 18.0.